The number of para-hydroxylation sites is 1. The van der Waals surface area contributed by atoms with Gasteiger partial charge in [0.05, 0.1) is 5.69 Å². The predicted octanol–water partition coefficient (Wildman–Crippen LogP) is 5.71. The lowest BCUT2D eigenvalue weighted by Gasteiger charge is -2.46. The van der Waals surface area contributed by atoms with Crippen LogP contribution in [0.25, 0.3) is 6.08 Å². The molecule has 0 N–H and O–H groups in total. The zero-order valence-electron chi connectivity index (χ0n) is 14.8. The number of anilines is 1. The Kier molecular flexibility index (Phi) is 4.75. The van der Waals surface area contributed by atoms with Gasteiger partial charge in [-0.05, 0) is 37.3 Å². The SMILES string of the molecule is CC(C)C[C@@](C)(Cc1ccccc1)N1CC=Cc2cccc(F)c21. The van der Waals surface area contributed by atoms with Crippen LogP contribution < -0.4 is 4.90 Å². The van der Waals surface area contributed by atoms with E-state index in [0.29, 0.717) is 5.92 Å². The lowest BCUT2D eigenvalue weighted by molar-refractivity contribution is 0.341. The van der Waals surface area contributed by atoms with Crippen molar-refractivity contribution in [1.29, 1.82) is 0 Å². The molecule has 0 saturated heterocycles. The Hall–Kier alpha value is -2.09. The fourth-order valence-corrected chi connectivity index (χ4v) is 4.01. The third kappa shape index (κ3) is 3.38. The summed E-state index contributed by atoms with van der Waals surface area (Å²) in [6.45, 7) is 7.51. The number of rotatable bonds is 5. The minimum absolute atomic E-state index is 0.125. The van der Waals surface area contributed by atoms with Crippen molar-refractivity contribution < 1.29 is 4.39 Å². The van der Waals surface area contributed by atoms with E-state index in [1.165, 1.54) is 5.56 Å². The van der Waals surface area contributed by atoms with Crippen LogP contribution in [0.2, 0.25) is 0 Å². The number of halogens is 1. The molecule has 0 unspecified atom stereocenters. The third-order valence-electron chi connectivity index (χ3n) is 4.80. The van der Waals surface area contributed by atoms with Gasteiger partial charge >= 0.3 is 0 Å². The van der Waals surface area contributed by atoms with E-state index in [-0.39, 0.29) is 11.4 Å². The zero-order chi connectivity index (χ0) is 17.2. The summed E-state index contributed by atoms with van der Waals surface area (Å²) in [5, 5.41) is 0. The monoisotopic (exact) mass is 323 g/mol. The van der Waals surface area contributed by atoms with Crippen LogP contribution in [0.3, 0.4) is 0 Å². The van der Waals surface area contributed by atoms with E-state index in [1.807, 2.05) is 18.2 Å². The summed E-state index contributed by atoms with van der Waals surface area (Å²) in [5.74, 6) is 0.416. The third-order valence-corrected chi connectivity index (χ3v) is 4.80. The van der Waals surface area contributed by atoms with E-state index >= 15 is 0 Å². The topological polar surface area (TPSA) is 3.24 Å². The number of benzene rings is 2. The molecule has 2 aromatic carbocycles. The van der Waals surface area contributed by atoms with Gasteiger partial charge in [0.1, 0.15) is 5.82 Å². The largest absolute Gasteiger partial charge is 0.359 e. The molecule has 0 aliphatic carbocycles. The first-order valence-electron chi connectivity index (χ1n) is 8.76. The molecule has 1 aliphatic rings. The molecule has 24 heavy (non-hydrogen) atoms. The minimum Gasteiger partial charge on any atom is -0.359 e. The van der Waals surface area contributed by atoms with Gasteiger partial charge < -0.3 is 4.90 Å². The van der Waals surface area contributed by atoms with Crippen molar-refractivity contribution in [1.82, 2.24) is 0 Å². The van der Waals surface area contributed by atoms with Gasteiger partial charge in [-0.15, -0.1) is 0 Å². The molecule has 0 radical (unpaired) electrons. The smallest absolute Gasteiger partial charge is 0.147 e. The Morgan fingerprint density at radius 1 is 1.08 bits per heavy atom. The van der Waals surface area contributed by atoms with Crippen molar-refractivity contribution in [2.45, 2.75) is 39.2 Å². The van der Waals surface area contributed by atoms with E-state index in [2.05, 4.69) is 56.0 Å². The molecule has 1 heterocycles. The fourth-order valence-electron chi connectivity index (χ4n) is 4.01. The van der Waals surface area contributed by atoms with Crippen LogP contribution in [0.5, 0.6) is 0 Å². The molecule has 2 aromatic rings. The molecule has 0 bridgehead atoms. The Labute approximate surface area is 144 Å². The highest BCUT2D eigenvalue weighted by Gasteiger charge is 2.35. The molecule has 1 aliphatic heterocycles. The molecule has 3 rings (SSSR count). The number of hydrogen-bond acceptors (Lipinski definition) is 1. The molecule has 2 heteroatoms. The summed E-state index contributed by atoms with van der Waals surface area (Å²) < 4.78 is 14.7. The molecule has 0 aromatic heterocycles. The molecule has 1 atom stereocenters. The molecule has 0 amide bonds. The summed E-state index contributed by atoms with van der Waals surface area (Å²) in [5.41, 5.74) is 2.90. The molecule has 0 fully saturated rings. The van der Waals surface area contributed by atoms with Crippen molar-refractivity contribution in [2.24, 2.45) is 5.92 Å². The van der Waals surface area contributed by atoms with Crippen molar-refractivity contribution in [2.75, 3.05) is 11.4 Å². The summed E-state index contributed by atoms with van der Waals surface area (Å²) in [4.78, 5) is 2.27. The average Bonchev–Trinajstić information content (AvgIpc) is 2.55. The van der Waals surface area contributed by atoms with Gasteiger partial charge in [0.25, 0.3) is 0 Å². The standard InChI is InChI=1S/C22H26FN/c1-17(2)15-22(3,16-18-9-5-4-6-10-18)24-14-8-12-19-11-7-13-20(23)21(19)24/h4-13,17H,14-16H2,1-3H3/t22-/m0/s1. The molecule has 0 saturated carbocycles. The fraction of sp³-hybridized carbons (Fsp3) is 0.364. The Morgan fingerprint density at radius 2 is 1.83 bits per heavy atom. The van der Waals surface area contributed by atoms with Gasteiger partial charge in [0.15, 0.2) is 0 Å². The highest BCUT2D eigenvalue weighted by atomic mass is 19.1. The maximum absolute atomic E-state index is 14.7. The average molecular weight is 323 g/mol. The Bertz CT molecular complexity index is 720. The molecule has 1 nitrogen and oxygen atoms in total. The quantitative estimate of drug-likeness (QED) is 0.681. The Balaban J connectivity index is 2.02. The van der Waals surface area contributed by atoms with E-state index in [9.17, 15) is 4.39 Å². The molecular formula is C22H26FN. The lowest BCUT2D eigenvalue weighted by Crippen LogP contribution is -2.50. The normalized spacial score (nSPS) is 16.1. The van der Waals surface area contributed by atoms with Crippen LogP contribution in [0.1, 0.15) is 38.3 Å². The van der Waals surface area contributed by atoms with Gasteiger partial charge in [0.2, 0.25) is 0 Å². The van der Waals surface area contributed by atoms with Crippen LogP contribution in [0, 0.1) is 11.7 Å². The Morgan fingerprint density at radius 3 is 2.54 bits per heavy atom. The van der Waals surface area contributed by atoms with E-state index in [1.54, 1.807) is 12.1 Å². The zero-order valence-corrected chi connectivity index (χ0v) is 14.8. The predicted molar refractivity (Wildman–Crippen MR) is 101 cm³/mol. The first kappa shape index (κ1) is 16.8. The summed E-state index contributed by atoms with van der Waals surface area (Å²) in [6.07, 6.45) is 6.11. The van der Waals surface area contributed by atoms with Crippen LogP contribution in [0.15, 0.2) is 54.6 Å². The van der Waals surface area contributed by atoms with Crippen molar-refractivity contribution in [3.8, 4) is 0 Å². The van der Waals surface area contributed by atoms with Crippen molar-refractivity contribution in [3.05, 3.63) is 71.6 Å². The molecule has 0 spiro atoms. The minimum atomic E-state index is -0.128. The van der Waals surface area contributed by atoms with Crippen LogP contribution >= 0.6 is 0 Å². The maximum Gasteiger partial charge on any atom is 0.147 e. The molecule has 126 valence electrons. The van der Waals surface area contributed by atoms with Gasteiger partial charge in [-0.3, -0.25) is 0 Å². The van der Waals surface area contributed by atoms with E-state index < -0.39 is 0 Å². The first-order chi connectivity index (χ1) is 11.5. The summed E-state index contributed by atoms with van der Waals surface area (Å²) in [7, 11) is 0. The van der Waals surface area contributed by atoms with Crippen LogP contribution in [-0.2, 0) is 6.42 Å². The van der Waals surface area contributed by atoms with Crippen molar-refractivity contribution in [3.63, 3.8) is 0 Å². The molecular weight excluding hydrogens is 297 g/mol. The van der Waals surface area contributed by atoms with Crippen LogP contribution in [-0.4, -0.2) is 12.1 Å². The second-order valence-electron chi connectivity index (χ2n) is 7.45. The highest BCUT2D eigenvalue weighted by molar-refractivity contribution is 5.72. The van der Waals surface area contributed by atoms with Gasteiger partial charge in [-0.25, -0.2) is 4.39 Å². The second kappa shape index (κ2) is 6.80. The second-order valence-corrected chi connectivity index (χ2v) is 7.45. The van der Waals surface area contributed by atoms with Gasteiger partial charge in [-0.2, -0.15) is 0 Å². The summed E-state index contributed by atoms with van der Waals surface area (Å²) >= 11 is 0. The number of nitrogens with zero attached hydrogens (tertiary/aromatic N) is 1. The van der Waals surface area contributed by atoms with Crippen molar-refractivity contribution >= 4 is 11.8 Å². The van der Waals surface area contributed by atoms with Gasteiger partial charge in [-0.1, -0.05) is 68.5 Å². The first-order valence-corrected chi connectivity index (χ1v) is 8.76. The number of fused-ring (bicyclic) bond motifs is 1. The highest BCUT2D eigenvalue weighted by Crippen LogP contribution is 2.38. The van der Waals surface area contributed by atoms with E-state index in [4.69, 9.17) is 0 Å². The number of hydrogen-bond donors (Lipinski definition) is 0. The lowest BCUT2D eigenvalue weighted by atomic mass is 9.82. The maximum atomic E-state index is 14.7. The van der Waals surface area contributed by atoms with E-state index in [0.717, 1.165) is 30.6 Å². The van der Waals surface area contributed by atoms with Gasteiger partial charge in [0, 0.05) is 17.6 Å². The summed E-state index contributed by atoms with van der Waals surface area (Å²) in [6, 6.07) is 15.9. The van der Waals surface area contributed by atoms with Crippen LogP contribution in [0.4, 0.5) is 10.1 Å².